The fourth-order valence-electron chi connectivity index (χ4n) is 3.04. The fourth-order valence-corrected chi connectivity index (χ4v) is 3.04. The summed E-state index contributed by atoms with van der Waals surface area (Å²) in [6.45, 7) is 10.9. The van der Waals surface area contributed by atoms with Crippen LogP contribution in [-0.4, -0.2) is 33.1 Å². The third-order valence-corrected chi connectivity index (χ3v) is 4.67. The van der Waals surface area contributed by atoms with Crippen LogP contribution >= 0.6 is 0 Å². The van der Waals surface area contributed by atoms with Crippen LogP contribution in [-0.2, 0) is 6.54 Å². The lowest BCUT2D eigenvalue weighted by Crippen LogP contribution is -2.45. The van der Waals surface area contributed by atoms with E-state index in [2.05, 4.69) is 17.1 Å². The average Bonchev–Trinajstić information content (AvgIpc) is 3.18. The highest BCUT2D eigenvalue weighted by Gasteiger charge is 2.29. The summed E-state index contributed by atoms with van der Waals surface area (Å²) in [5.41, 5.74) is 2.18. The summed E-state index contributed by atoms with van der Waals surface area (Å²) >= 11 is 0. The molecule has 0 unspecified atom stereocenters. The van der Waals surface area contributed by atoms with Crippen LogP contribution in [0.2, 0.25) is 0 Å². The number of carbonyl (C=O) groups is 1. The quantitative estimate of drug-likeness (QED) is 0.533. The predicted molar refractivity (Wildman–Crippen MR) is 116 cm³/mol. The van der Waals surface area contributed by atoms with E-state index in [0.29, 0.717) is 23.9 Å². The molecule has 1 heterocycles. The maximum Gasteiger partial charge on any atom is 0.254 e. The molecule has 0 aliphatic carbocycles. The Morgan fingerprint density at radius 3 is 2.50 bits per heavy atom. The van der Waals surface area contributed by atoms with Crippen LogP contribution in [0.15, 0.2) is 53.1 Å². The van der Waals surface area contributed by atoms with Gasteiger partial charge in [0.05, 0.1) is 6.61 Å². The van der Waals surface area contributed by atoms with Crippen molar-refractivity contribution in [2.24, 2.45) is 0 Å². The van der Waals surface area contributed by atoms with Crippen molar-refractivity contribution in [2.75, 3.05) is 6.61 Å². The number of rotatable bonds is 7. The molecule has 0 N–H and O–H groups in total. The first-order chi connectivity index (χ1) is 14.3. The van der Waals surface area contributed by atoms with E-state index in [1.807, 2.05) is 64.1 Å². The van der Waals surface area contributed by atoms with Gasteiger partial charge in [-0.2, -0.15) is 4.98 Å². The maximum absolute atomic E-state index is 13.2. The van der Waals surface area contributed by atoms with Gasteiger partial charge in [-0.05, 0) is 64.4 Å². The van der Waals surface area contributed by atoms with E-state index in [9.17, 15) is 4.79 Å². The normalized spacial score (nSPS) is 11.4. The lowest BCUT2D eigenvalue weighted by molar-refractivity contribution is 0.0526. The number of nitrogens with zero attached hydrogens (tertiary/aromatic N) is 3. The second kappa shape index (κ2) is 9.11. The van der Waals surface area contributed by atoms with Gasteiger partial charge in [0.15, 0.2) is 0 Å². The van der Waals surface area contributed by atoms with Crippen molar-refractivity contribution < 1.29 is 14.1 Å². The van der Waals surface area contributed by atoms with E-state index in [0.717, 1.165) is 23.3 Å². The van der Waals surface area contributed by atoms with Crippen molar-refractivity contribution >= 4 is 5.91 Å². The summed E-state index contributed by atoms with van der Waals surface area (Å²) in [5, 5.41) is 4.09. The van der Waals surface area contributed by atoms with Crippen molar-refractivity contribution in [3.63, 3.8) is 0 Å². The van der Waals surface area contributed by atoms with E-state index >= 15 is 0 Å². The number of hydrogen-bond acceptors (Lipinski definition) is 5. The standard InChI is InChI=1S/C24H29N3O3/c1-6-14-29-20-12-10-18(11-13-20)23(28)27(24(3,4)5)16-21-25-22(26-30-21)19-9-7-8-17(2)15-19/h7-13,15H,6,14,16H2,1-5H3. The van der Waals surface area contributed by atoms with Crippen LogP contribution in [0.3, 0.4) is 0 Å². The molecule has 0 atom stereocenters. The topological polar surface area (TPSA) is 68.5 Å². The summed E-state index contributed by atoms with van der Waals surface area (Å²) in [6, 6.07) is 15.2. The van der Waals surface area contributed by atoms with Gasteiger partial charge in [-0.3, -0.25) is 4.79 Å². The molecule has 0 saturated carbocycles. The van der Waals surface area contributed by atoms with Crippen LogP contribution in [0, 0.1) is 6.92 Å². The van der Waals surface area contributed by atoms with Gasteiger partial charge in [-0.15, -0.1) is 0 Å². The molecule has 0 radical (unpaired) electrons. The molecule has 0 aliphatic heterocycles. The number of aromatic nitrogens is 2. The molecule has 0 aliphatic rings. The Morgan fingerprint density at radius 2 is 1.87 bits per heavy atom. The number of carbonyl (C=O) groups excluding carboxylic acids is 1. The van der Waals surface area contributed by atoms with E-state index in [4.69, 9.17) is 9.26 Å². The Morgan fingerprint density at radius 1 is 1.13 bits per heavy atom. The molecule has 0 saturated heterocycles. The molecule has 6 nitrogen and oxygen atoms in total. The second-order valence-corrected chi connectivity index (χ2v) is 8.32. The van der Waals surface area contributed by atoms with Crippen LogP contribution in [0.5, 0.6) is 5.75 Å². The van der Waals surface area contributed by atoms with Gasteiger partial charge >= 0.3 is 0 Å². The average molecular weight is 408 g/mol. The monoisotopic (exact) mass is 407 g/mol. The van der Waals surface area contributed by atoms with Crippen LogP contribution in [0.25, 0.3) is 11.4 Å². The van der Waals surface area contributed by atoms with Crippen molar-refractivity contribution in [3.8, 4) is 17.1 Å². The van der Waals surface area contributed by atoms with Gasteiger partial charge in [0.2, 0.25) is 11.7 Å². The lowest BCUT2D eigenvalue weighted by Gasteiger charge is -2.34. The highest BCUT2D eigenvalue weighted by Crippen LogP contribution is 2.23. The molecule has 3 rings (SSSR count). The Kier molecular flexibility index (Phi) is 6.55. The molecular formula is C24H29N3O3. The van der Waals surface area contributed by atoms with E-state index in [1.54, 1.807) is 17.0 Å². The highest BCUT2D eigenvalue weighted by atomic mass is 16.5. The fraction of sp³-hybridized carbons (Fsp3) is 0.375. The summed E-state index contributed by atoms with van der Waals surface area (Å²) in [4.78, 5) is 19.5. The van der Waals surface area contributed by atoms with E-state index in [-0.39, 0.29) is 12.5 Å². The predicted octanol–water partition coefficient (Wildman–Crippen LogP) is 5.27. The van der Waals surface area contributed by atoms with Crippen LogP contribution < -0.4 is 4.74 Å². The minimum Gasteiger partial charge on any atom is -0.494 e. The van der Waals surface area contributed by atoms with Gasteiger partial charge < -0.3 is 14.2 Å². The van der Waals surface area contributed by atoms with Gasteiger partial charge in [0, 0.05) is 16.7 Å². The van der Waals surface area contributed by atoms with E-state index in [1.165, 1.54) is 0 Å². The van der Waals surface area contributed by atoms with Gasteiger partial charge in [-0.25, -0.2) is 0 Å². The van der Waals surface area contributed by atoms with Crippen molar-refractivity contribution in [2.45, 2.75) is 53.1 Å². The first-order valence-electron chi connectivity index (χ1n) is 10.2. The molecule has 0 fully saturated rings. The van der Waals surface area contributed by atoms with Gasteiger partial charge in [-0.1, -0.05) is 35.8 Å². The van der Waals surface area contributed by atoms with Crippen LogP contribution in [0.1, 0.15) is 55.9 Å². The molecule has 3 aromatic rings. The Hall–Kier alpha value is -3.15. The Labute approximate surface area is 177 Å². The SMILES string of the molecule is CCCOc1ccc(C(=O)N(Cc2nc(-c3cccc(C)c3)no2)C(C)(C)C)cc1. The van der Waals surface area contributed by atoms with E-state index < -0.39 is 5.54 Å². The minimum absolute atomic E-state index is 0.0974. The smallest absolute Gasteiger partial charge is 0.254 e. The van der Waals surface area contributed by atoms with Crippen molar-refractivity contribution in [1.82, 2.24) is 15.0 Å². The van der Waals surface area contributed by atoms with Gasteiger partial charge in [0.25, 0.3) is 5.91 Å². The lowest BCUT2D eigenvalue weighted by atomic mass is 10.0. The maximum atomic E-state index is 13.2. The van der Waals surface area contributed by atoms with Crippen LogP contribution in [0.4, 0.5) is 0 Å². The zero-order chi connectivity index (χ0) is 21.7. The number of hydrogen-bond donors (Lipinski definition) is 0. The minimum atomic E-state index is -0.424. The first kappa shape index (κ1) is 21.6. The number of ether oxygens (including phenoxy) is 1. The molecular weight excluding hydrogens is 378 g/mol. The zero-order valence-electron chi connectivity index (χ0n) is 18.3. The van der Waals surface area contributed by atoms with Crippen molar-refractivity contribution in [1.29, 1.82) is 0 Å². The molecule has 0 spiro atoms. The van der Waals surface area contributed by atoms with Crippen molar-refractivity contribution in [3.05, 3.63) is 65.5 Å². The summed E-state index contributed by atoms with van der Waals surface area (Å²) < 4.78 is 11.1. The molecule has 0 bridgehead atoms. The summed E-state index contributed by atoms with van der Waals surface area (Å²) in [6.07, 6.45) is 0.938. The molecule has 1 amide bonds. The largest absolute Gasteiger partial charge is 0.494 e. The summed E-state index contributed by atoms with van der Waals surface area (Å²) in [7, 11) is 0. The first-order valence-corrected chi connectivity index (χ1v) is 10.2. The Balaban J connectivity index is 1.79. The second-order valence-electron chi connectivity index (χ2n) is 8.32. The molecule has 6 heteroatoms. The number of aryl methyl sites for hydroxylation is 1. The molecule has 30 heavy (non-hydrogen) atoms. The zero-order valence-corrected chi connectivity index (χ0v) is 18.3. The molecule has 1 aromatic heterocycles. The molecule has 2 aromatic carbocycles. The highest BCUT2D eigenvalue weighted by molar-refractivity contribution is 5.94. The third kappa shape index (κ3) is 5.26. The Bertz CT molecular complexity index is 987. The number of benzene rings is 2. The number of amides is 1. The molecule has 158 valence electrons. The third-order valence-electron chi connectivity index (χ3n) is 4.67. The van der Waals surface area contributed by atoms with Gasteiger partial charge in [0.1, 0.15) is 12.3 Å². The summed E-state index contributed by atoms with van der Waals surface area (Å²) in [5.74, 6) is 1.58.